The highest BCUT2D eigenvalue weighted by atomic mass is 35.5. The second-order valence-corrected chi connectivity index (χ2v) is 10.8. The van der Waals surface area contributed by atoms with Crippen LogP contribution in [0, 0.1) is 0 Å². The van der Waals surface area contributed by atoms with Crippen molar-refractivity contribution < 1.29 is 35.9 Å². The number of ether oxygens (including phenoxy) is 1. The van der Waals surface area contributed by atoms with Crippen molar-refractivity contribution >= 4 is 40.0 Å². The molecular formula is C24H20ClF6N5O2S. The third-order valence-corrected chi connectivity index (χ3v) is 8.15. The summed E-state index contributed by atoms with van der Waals surface area (Å²) in [5, 5.41) is 15.1. The highest BCUT2D eigenvalue weighted by Gasteiger charge is 2.60. The molecule has 1 aromatic carbocycles. The Morgan fingerprint density at radius 2 is 1.90 bits per heavy atom. The van der Waals surface area contributed by atoms with Crippen LogP contribution in [0.4, 0.5) is 26.3 Å². The maximum atomic E-state index is 14.9. The van der Waals surface area contributed by atoms with Gasteiger partial charge < -0.3 is 10.1 Å². The van der Waals surface area contributed by atoms with Crippen molar-refractivity contribution in [3.05, 3.63) is 56.5 Å². The number of hydrogen-bond donors (Lipinski definition) is 2. The molecule has 3 aromatic rings. The van der Waals surface area contributed by atoms with Crippen LogP contribution in [0.3, 0.4) is 0 Å². The predicted molar refractivity (Wildman–Crippen MR) is 130 cm³/mol. The molecule has 5 rings (SSSR count). The van der Waals surface area contributed by atoms with E-state index >= 15 is 0 Å². The number of thiophene rings is 1. The molecule has 1 aliphatic carbocycles. The van der Waals surface area contributed by atoms with Crippen LogP contribution in [0.15, 0.2) is 30.3 Å². The van der Waals surface area contributed by atoms with Crippen molar-refractivity contribution in [1.29, 1.82) is 0 Å². The molecule has 15 heteroatoms. The fourth-order valence-electron chi connectivity index (χ4n) is 4.49. The number of rotatable bonds is 8. The molecule has 1 atom stereocenters. The van der Waals surface area contributed by atoms with Gasteiger partial charge in [-0.05, 0) is 60.2 Å². The van der Waals surface area contributed by atoms with Crippen molar-refractivity contribution in [2.75, 3.05) is 6.61 Å². The van der Waals surface area contributed by atoms with Gasteiger partial charge >= 0.3 is 12.4 Å². The van der Waals surface area contributed by atoms with Gasteiger partial charge in [0.25, 0.3) is 5.91 Å². The van der Waals surface area contributed by atoms with Crippen molar-refractivity contribution in [3.8, 4) is 5.75 Å². The van der Waals surface area contributed by atoms with Crippen LogP contribution in [0.2, 0.25) is 5.02 Å². The number of carbonyl (C=O) groups is 1. The zero-order valence-electron chi connectivity index (χ0n) is 19.9. The molecule has 0 spiro atoms. The standard InChI is InChI=1S/C24H20ClF6N5O2S/c25-16-10-13(38-9-1-8-23(26,27)28)4-5-15(16)22(24(29,30)31)11-14(18-7-6-17(39-18)12-2-3-12)19(21(37)32-22)20-33-35-36-34-20/h4-7,10,12H,1-3,8-9,11H2,(H,32,37)(H,33,34,35,36). The van der Waals surface area contributed by atoms with Gasteiger partial charge in [0.15, 0.2) is 5.54 Å². The van der Waals surface area contributed by atoms with Crippen LogP contribution in [0.1, 0.15) is 59.2 Å². The lowest BCUT2D eigenvalue weighted by Crippen LogP contribution is -2.58. The first-order valence-corrected chi connectivity index (χ1v) is 13.0. The largest absolute Gasteiger partial charge is 0.494 e. The minimum absolute atomic E-state index is 0.000897. The van der Waals surface area contributed by atoms with Crippen LogP contribution in [0.25, 0.3) is 11.1 Å². The van der Waals surface area contributed by atoms with Gasteiger partial charge in [-0.15, -0.1) is 21.5 Å². The topological polar surface area (TPSA) is 92.8 Å². The number of alkyl halides is 6. The Morgan fingerprint density at radius 3 is 2.51 bits per heavy atom. The molecule has 1 fully saturated rings. The maximum Gasteiger partial charge on any atom is 0.416 e. The summed E-state index contributed by atoms with van der Waals surface area (Å²) in [5.74, 6) is -0.852. The number of carbonyl (C=O) groups excluding carboxylic acids is 1. The zero-order valence-corrected chi connectivity index (χ0v) is 21.5. The Bertz CT molecular complexity index is 1400. The number of tetrazole rings is 1. The average molecular weight is 592 g/mol. The number of amides is 1. The van der Waals surface area contributed by atoms with Gasteiger partial charge in [-0.2, -0.15) is 31.6 Å². The van der Waals surface area contributed by atoms with Gasteiger partial charge in [0.1, 0.15) is 5.75 Å². The number of halogens is 7. The summed E-state index contributed by atoms with van der Waals surface area (Å²) in [6, 6.07) is 6.88. The lowest BCUT2D eigenvalue weighted by molar-refractivity contribution is -0.201. The van der Waals surface area contributed by atoms with Crippen LogP contribution in [0.5, 0.6) is 5.75 Å². The molecule has 2 N–H and O–H groups in total. The molecule has 0 bridgehead atoms. The lowest BCUT2D eigenvalue weighted by atomic mass is 9.77. The SMILES string of the molecule is O=C1NC(c2ccc(OCCCC(F)(F)F)cc2Cl)(C(F)(F)F)CC(c2ccc(C3CC3)s2)=C1c1nn[nH]n1. The summed E-state index contributed by atoms with van der Waals surface area (Å²) in [7, 11) is 0. The first-order valence-electron chi connectivity index (χ1n) is 11.8. The summed E-state index contributed by atoms with van der Waals surface area (Å²) in [5.41, 5.74) is -3.38. The molecule has 1 unspecified atom stereocenters. The minimum Gasteiger partial charge on any atom is -0.494 e. The van der Waals surface area contributed by atoms with Crippen LogP contribution in [-0.2, 0) is 10.3 Å². The fourth-order valence-corrected chi connectivity index (χ4v) is 6.05. The molecule has 0 saturated heterocycles. The van der Waals surface area contributed by atoms with Crippen LogP contribution >= 0.6 is 22.9 Å². The zero-order chi connectivity index (χ0) is 28.0. The number of hydrogen-bond acceptors (Lipinski definition) is 6. The van der Waals surface area contributed by atoms with Gasteiger partial charge in [-0.3, -0.25) is 4.79 Å². The Morgan fingerprint density at radius 1 is 1.13 bits per heavy atom. The van der Waals surface area contributed by atoms with E-state index in [-0.39, 0.29) is 40.8 Å². The number of aromatic amines is 1. The molecule has 2 aromatic heterocycles. The predicted octanol–water partition coefficient (Wildman–Crippen LogP) is 6.40. The first-order chi connectivity index (χ1) is 18.4. The van der Waals surface area contributed by atoms with Gasteiger partial charge in [0.2, 0.25) is 5.82 Å². The van der Waals surface area contributed by atoms with E-state index in [2.05, 4.69) is 25.9 Å². The molecule has 0 radical (unpaired) electrons. The second kappa shape index (κ2) is 10.1. The van der Waals surface area contributed by atoms with Crippen molar-refractivity contribution in [2.24, 2.45) is 0 Å². The van der Waals surface area contributed by atoms with Gasteiger partial charge in [0, 0.05) is 28.2 Å². The van der Waals surface area contributed by atoms with Crippen molar-refractivity contribution in [3.63, 3.8) is 0 Å². The fraction of sp³-hybridized carbons (Fsp3) is 0.417. The summed E-state index contributed by atoms with van der Waals surface area (Å²) in [6.45, 7) is -0.307. The van der Waals surface area contributed by atoms with E-state index in [0.29, 0.717) is 10.8 Å². The molecule has 1 amide bonds. The maximum absolute atomic E-state index is 14.9. The normalized spacial score (nSPS) is 20.3. The molecule has 3 heterocycles. The van der Waals surface area contributed by atoms with Gasteiger partial charge in [-0.25, -0.2) is 0 Å². The summed E-state index contributed by atoms with van der Waals surface area (Å²) < 4.78 is 87.1. The molecule has 208 valence electrons. The van der Waals surface area contributed by atoms with Crippen molar-refractivity contribution in [2.45, 2.75) is 55.9 Å². The molecule has 39 heavy (non-hydrogen) atoms. The number of H-pyrrole nitrogens is 1. The number of aromatic nitrogens is 4. The Hall–Kier alpha value is -3.13. The summed E-state index contributed by atoms with van der Waals surface area (Å²) in [6.07, 6.45) is -9.47. The van der Waals surface area contributed by atoms with Crippen molar-refractivity contribution in [1.82, 2.24) is 25.9 Å². The van der Waals surface area contributed by atoms with Crippen LogP contribution < -0.4 is 10.1 Å². The molecule has 1 saturated carbocycles. The molecule has 2 aliphatic rings. The minimum atomic E-state index is -4.99. The van der Waals surface area contributed by atoms with E-state index in [1.54, 1.807) is 6.07 Å². The highest BCUT2D eigenvalue weighted by Crippen LogP contribution is 2.53. The van der Waals surface area contributed by atoms with E-state index in [0.717, 1.165) is 29.9 Å². The first kappa shape index (κ1) is 27.4. The summed E-state index contributed by atoms with van der Waals surface area (Å²) in [4.78, 5) is 14.8. The Balaban J connectivity index is 1.53. The van der Waals surface area contributed by atoms with Gasteiger partial charge in [-0.1, -0.05) is 17.7 Å². The summed E-state index contributed by atoms with van der Waals surface area (Å²) >= 11 is 7.63. The lowest BCUT2D eigenvalue weighted by Gasteiger charge is -2.41. The quantitative estimate of drug-likeness (QED) is 0.234. The third-order valence-electron chi connectivity index (χ3n) is 6.53. The molecule has 7 nitrogen and oxygen atoms in total. The highest BCUT2D eigenvalue weighted by molar-refractivity contribution is 7.13. The average Bonchev–Trinajstić information content (AvgIpc) is 3.33. The Kier molecular flexibility index (Phi) is 7.12. The monoisotopic (exact) mass is 591 g/mol. The van der Waals surface area contributed by atoms with E-state index in [9.17, 15) is 31.1 Å². The van der Waals surface area contributed by atoms with Gasteiger partial charge in [0.05, 0.1) is 17.2 Å². The number of benzene rings is 1. The smallest absolute Gasteiger partial charge is 0.416 e. The Labute approximate surface area is 226 Å². The second-order valence-electron chi connectivity index (χ2n) is 9.31. The van der Waals surface area contributed by atoms with Crippen LogP contribution in [-0.4, -0.2) is 45.5 Å². The molecule has 1 aliphatic heterocycles. The third kappa shape index (κ3) is 5.62. The van der Waals surface area contributed by atoms with E-state index in [1.807, 2.05) is 6.07 Å². The molecular weight excluding hydrogens is 572 g/mol. The van der Waals surface area contributed by atoms with E-state index in [4.69, 9.17) is 16.3 Å². The van der Waals surface area contributed by atoms with E-state index in [1.165, 1.54) is 17.4 Å². The van der Waals surface area contributed by atoms with E-state index < -0.39 is 42.2 Å². The number of nitrogens with zero attached hydrogens (tertiary/aromatic N) is 3. The number of nitrogens with one attached hydrogen (secondary N) is 2.